The van der Waals surface area contributed by atoms with Crippen LogP contribution in [0.1, 0.15) is 23.6 Å². The Balaban J connectivity index is 1.45. The van der Waals surface area contributed by atoms with Crippen molar-refractivity contribution in [3.05, 3.63) is 98.6 Å². The lowest BCUT2D eigenvalue weighted by Crippen LogP contribution is -2.50. The van der Waals surface area contributed by atoms with E-state index in [-0.39, 0.29) is 19.1 Å². The van der Waals surface area contributed by atoms with E-state index in [9.17, 15) is 18.4 Å². The van der Waals surface area contributed by atoms with Gasteiger partial charge in [0.05, 0.1) is 39.1 Å². The molecule has 2 aromatic carbocycles. The number of rotatable bonds is 8. The molecule has 0 saturated heterocycles. The van der Waals surface area contributed by atoms with Crippen LogP contribution in [0.15, 0.2) is 70.4 Å². The van der Waals surface area contributed by atoms with Gasteiger partial charge in [-0.05, 0) is 29.7 Å². The molecule has 0 aliphatic heterocycles. The number of halogens is 2. The van der Waals surface area contributed by atoms with E-state index >= 15 is 0 Å². The highest BCUT2D eigenvalue weighted by molar-refractivity contribution is 5.27. The first kappa shape index (κ1) is 22.0. The molecule has 3 aromatic rings. The smallest absolute Gasteiger partial charge is 0.331 e. The lowest BCUT2D eigenvalue weighted by atomic mass is 9.78. The quantitative estimate of drug-likeness (QED) is 0.537. The van der Waals surface area contributed by atoms with Crippen molar-refractivity contribution in [2.24, 2.45) is 5.92 Å². The van der Waals surface area contributed by atoms with Gasteiger partial charge >= 0.3 is 5.69 Å². The van der Waals surface area contributed by atoms with Gasteiger partial charge in [0.25, 0.3) is 5.56 Å². The Hall–Kier alpha value is -3.26. The van der Waals surface area contributed by atoms with E-state index in [1.165, 1.54) is 7.11 Å². The summed E-state index contributed by atoms with van der Waals surface area (Å²) in [6.45, 7) is 0.456. The van der Waals surface area contributed by atoms with Gasteiger partial charge in [-0.3, -0.25) is 13.9 Å². The molecule has 1 aliphatic carbocycles. The van der Waals surface area contributed by atoms with Gasteiger partial charge in [0.15, 0.2) is 0 Å². The molecule has 3 atom stereocenters. The van der Waals surface area contributed by atoms with Crippen LogP contribution in [-0.2, 0) is 17.9 Å². The predicted molar refractivity (Wildman–Crippen MR) is 115 cm³/mol. The lowest BCUT2D eigenvalue weighted by Gasteiger charge is -2.40. The number of ether oxygens (including phenoxy) is 2. The molecule has 1 aliphatic rings. The SMILES string of the molecule is COc1ccc(Cn2c(=O)c(F)cn([C@@H]3C[C@H](COCc4ccccc4)C3F)c2=O)cc1. The monoisotopic (exact) mass is 442 g/mol. The minimum Gasteiger partial charge on any atom is -0.497 e. The fraction of sp³-hybridized carbons (Fsp3) is 0.333. The molecule has 0 amide bonds. The molecule has 0 spiro atoms. The molecule has 1 unspecified atom stereocenters. The Labute approximate surface area is 183 Å². The molecular formula is C24H24F2N2O4. The summed E-state index contributed by atoms with van der Waals surface area (Å²) in [5.41, 5.74) is -0.148. The standard InChI is InChI=1S/C24H24F2N2O4/c1-31-19-9-7-16(8-10-19)12-28-23(29)20(25)13-27(24(28)30)21-11-18(22(21)26)15-32-14-17-5-3-2-4-6-17/h2-10,13,18,21-22H,11-12,14-15H2,1H3/t18-,21-,22?/m1/s1. The van der Waals surface area contributed by atoms with Gasteiger partial charge in [-0.2, -0.15) is 4.39 Å². The van der Waals surface area contributed by atoms with E-state index < -0.39 is 29.3 Å². The molecule has 32 heavy (non-hydrogen) atoms. The molecule has 1 aromatic heterocycles. The van der Waals surface area contributed by atoms with Crippen molar-refractivity contribution < 1.29 is 18.3 Å². The summed E-state index contributed by atoms with van der Waals surface area (Å²) in [6, 6.07) is 15.4. The molecule has 8 heteroatoms. The van der Waals surface area contributed by atoms with Crippen LogP contribution < -0.4 is 16.0 Å². The average molecular weight is 442 g/mol. The predicted octanol–water partition coefficient (Wildman–Crippen LogP) is 3.32. The van der Waals surface area contributed by atoms with Crippen LogP contribution in [-0.4, -0.2) is 29.0 Å². The summed E-state index contributed by atoms with van der Waals surface area (Å²) in [5, 5.41) is 0. The maximum absolute atomic E-state index is 14.8. The van der Waals surface area contributed by atoms with Crippen molar-refractivity contribution in [2.75, 3.05) is 13.7 Å². The van der Waals surface area contributed by atoms with Gasteiger partial charge in [0, 0.05) is 5.92 Å². The van der Waals surface area contributed by atoms with Crippen LogP contribution in [0.5, 0.6) is 5.75 Å². The van der Waals surface area contributed by atoms with E-state index in [2.05, 4.69) is 0 Å². The molecule has 1 saturated carbocycles. The van der Waals surface area contributed by atoms with E-state index in [1.54, 1.807) is 24.3 Å². The van der Waals surface area contributed by atoms with Gasteiger partial charge < -0.3 is 9.47 Å². The summed E-state index contributed by atoms with van der Waals surface area (Å²) >= 11 is 0. The largest absolute Gasteiger partial charge is 0.497 e. The number of aromatic nitrogens is 2. The zero-order chi connectivity index (χ0) is 22.7. The average Bonchev–Trinajstić information content (AvgIpc) is 2.82. The Morgan fingerprint density at radius 3 is 2.41 bits per heavy atom. The van der Waals surface area contributed by atoms with Crippen LogP contribution in [0.2, 0.25) is 0 Å². The number of nitrogens with zero attached hydrogens (tertiary/aromatic N) is 2. The van der Waals surface area contributed by atoms with Crippen LogP contribution in [0.4, 0.5) is 8.78 Å². The molecule has 1 heterocycles. The van der Waals surface area contributed by atoms with Crippen LogP contribution in [0, 0.1) is 11.7 Å². The van der Waals surface area contributed by atoms with Crippen LogP contribution in [0.3, 0.4) is 0 Å². The summed E-state index contributed by atoms with van der Waals surface area (Å²) < 4.78 is 41.7. The fourth-order valence-corrected chi connectivity index (χ4v) is 3.90. The third-order valence-corrected chi connectivity index (χ3v) is 5.82. The minimum absolute atomic E-state index is 0.118. The summed E-state index contributed by atoms with van der Waals surface area (Å²) in [7, 11) is 1.52. The van der Waals surface area contributed by atoms with Gasteiger partial charge in [0.1, 0.15) is 11.9 Å². The van der Waals surface area contributed by atoms with E-state index in [1.807, 2.05) is 30.3 Å². The second-order valence-corrected chi connectivity index (χ2v) is 7.91. The Bertz CT molecular complexity index is 1180. The molecule has 1 fully saturated rings. The highest BCUT2D eigenvalue weighted by Gasteiger charge is 2.43. The van der Waals surface area contributed by atoms with Gasteiger partial charge in [-0.25, -0.2) is 9.18 Å². The van der Waals surface area contributed by atoms with Crippen molar-refractivity contribution in [2.45, 2.75) is 31.8 Å². The molecule has 6 nitrogen and oxygen atoms in total. The maximum Gasteiger partial charge on any atom is 0.331 e. The first-order chi connectivity index (χ1) is 15.5. The van der Waals surface area contributed by atoms with Gasteiger partial charge in [0.2, 0.25) is 5.82 Å². The normalized spacial score (nSPS) is 20.0. The topological polar surface area (TPSA) is 62.5 Å². The zero-order valence-electron chi connectivity index (χ0n) is 17.6. The van der Waals surface area contributed by atoms with Crippen molar-refractivity contribution in [3.8, 4) is 5.75 Å². The molecular weight excluding hydrogens is 418 g/mol. The summed E-state index contributed by atoms with van der Waals surface area (Å²) in [6.07, 6.45) is -0.224. The van der Waals surface area contributed by atoms with E-state index in [0.717, 1.165) is 20.9 Å². The minimum atomic E-state index is -1.37. The fourth-order valence-electron chi connectivity index (χ4n) is 3.90. The highest BCUT2D eigenvalue weighted by atomic mass is 19.1. The first-order valence-corrected chi connectivity index (χ1v) is 10.4. The van der Waals surface area contributed by atoms with Gasteiger partial charge in [-0.1, -0.05) is 42.5 Å². The molecule has 168 valence electrons. The third kappa shape index (κ3) is 4.50. The van der Waals surface area contributed by atoms with Crippen LogP contribution >= 0.6 is 0 Å². The first-order valence-electron chi connectivity index (χ1n) is 10.4. The zero-order valence-corrected chi connectivity index (χ0v) is 17.6. The second kappa shape index (κ2) is 9.48. The number of methoxy groups -OCH3 is 1. The van der Waals surface area contributed by atoms with E-state index in [0.29, 0.717) is 24.3 Å². The van der Waals surface area contributed by atoms with Crippen molar-refractivity contribution in [1.82, 2.24) is 9.13 Å². The second-order valence-electron chi connectivity index (χ2n) is 7.91. The highest BCUT2D eigenvalue weighted by Crippen LogP contribution is 2.40. The third-order valence-electron chi connectivity index (χ3n) is 5.82. The molecule has 0 bridgehead atoms. The van der Waals surface area contributed by atoms with Crippen molar-refractivity contribution in [1.29, 1.82) is 0 Å². The van der Waals surface area contributed by atoms with Gasteiger partial charge in [-0.15, -0.1) is 0 Å². The van der Waals surface area contributed by atoms with Crippen molar-refractivity contribution in [3.63, 3.8) is 0 Å². The Morgan fingerprint density at radius 1 is 1.03 bits per heavy atom. The Morgan fingerprint density at radius 2 is 1.75 bits per heavy atom. The lowest BCUT2D eigenvalue weighted by molar-refractivity contribution is -0.0322. The maximum atomic E-state index is 14.8. The number of hydrogen-bond acceptors (Lipinski definition) is 4. The number of hydrogen-bond donors (Lipinski definition) is 0. The molecule has 4 rings (SSSR count). The number of alkyl halides is 1. The van der Waals surface area contributed by atoms with Crippen molar-refractivity contribution >= 4 is 0 Å². The number of benzene rings is 2. The molecule has 0 N–H and O–H groups in total. The summed E-state index contributed by atoms with van der Waals surface area (Å²) in [4.78, 5) is 25.1. The Kier molecular flexibility index (Phi) is 6.50. The molecule has 0 radical (unpaired) electrons. The van der Waals surface area contributed by atoms with Crippen LogP contribution in [0.25, 0.3) is 0 Å². The van der Waals surface area contributed by atoms with E-state index in [4.69, 9.17) is 9.47 Å². The summed E-state index contributed by atoms with van der Waals surface area (Å²) in [5.74, 6) is -0.859.